The van der Waals surface area contributed by atoms with Crippen molar-refractivity contribution in [2.45, 2.75) is 24.8 Å². The Hall–Kier alpha value is -2.06. The maximum atomic E-state index is 12.7. The van der Waals surface area contributed by atoms with Crippen LogP contribution in [0.2, 0.25) is 0 Å². The highest BCUT2D eigenvalue weighted by Crippen LogP contribution is 2.36. The first-order valence-electron chi connectivity index (χ1n) is 7.63. The number of anilines is 2. The van der Waals surface area contributed by atoms with E-state index in [-0.39, 0.29) is 16.9 Å². The van der Waals surface area contributed by atoms with Crippen LogP contribution >= 0.6 is 15.9 Å². The van der Waals surface area contributed by atoms with E-state index < -0.39 is 10.0 Å². The molecule has 6 nitrogen and oxygen atoms in total. The van der Waals surface area contributed by atoms with Crippen molar-refractivity contribution in [3.63, 3.8) is 0 Å². The molecule has 1 unspecified atom stereocenters. The van der Waals surface area contributed by atoms with Gasteiger partial charge in [0.2, 0.25) is 5.91 Å². The second-order valence-corrected chi connectivity index (χ2v) is 8.40. The number of nitrogens with zero attached hydrogens (tertiary/aromatic N) is 1. The number of ether oxygens (including phenoxy) is 1. The standard InChI is InChI=1S/C17H17BrN2O4S/c1-11-10-20(12(2)21)16-9-15(6-7-17(16)24-11)25(22,23)19-14-5-3-4-13(18)8-14/h3-9,11,19H,10H2,1-2H3. The molecule has 1 aliphatic heterocycles. The first kappa shape index (κ1) is 17.8. The quantitative estimate of drug-likeness (QED) is 0.818. The van der Waals surface area contributed by atoms with Gasteiger partial charge in [-0.2, -0.15) is 0 Å². The van der Waals surface area contributed by atoms with Crippen molar-refractivity contribution < 1.29 is 17.9 Å². The molecule has 3 rings (SSSR count). The molecule has 0 bridgehead atoms. The van der Waals surface area contributed by atoms with E-state index in [9.17, 15) is 13.2 Å². The molecule has 0 aliphatic carbocycles. The number of amides is 1. The lowest BCUT2D eigenvalue weighted by Crippen LogP contribution is -2.41. The molecule has 0 spiro atoms. The molecule has 0 saturated heterocycles. The Morgan fingerprint density at radius 1 is 1.28 bits per heavy atom. The van der Waals surface area contributed by atoms with Gasteiger partial charge in [0.1, 0.15) is 11.9 Å². The van der Waals surface area contributed by atoms with Crippen molar-refractivity contribution in [2.24, 2.45) is 0 Å². The fourth-order valence-electron chi connectivity index (χ4n) is 2.65. The van der Waals surface area contributed by atoms with Gasteiger partial charge in [-0.1, -0.05) is 22.0 Å². The van der Waals surface area contributed by atoms with Gasteiger partial charge in [0.25, 0.3) is 10.0 Å². The lowest BCUT2D eigenvalue weighted by atomic mass is 10.2. The molecule has 2 aromatic rings. The summed E-state index contributed by atoms with van der Waals surface area (Å²) in [6, 6.07) is 11.4. The van der Waals surface area contributed by atoms with E-state index in [1.54, 1.807) is 30.3 Å². The number of carbonyl (C=O) groups is 1. The molecular weight excluding hydrogens is 408 g/mol. The third kappa shape index (κ3) is 3.80. The monoisotopic (exact) mass is 424 g/mol. The van der Waals surface area contributed by atoms with Crippen LogP contribution in [0.15, 0.2) is 51.8 Å². The summed E-state index contributed by atoms with van der Waals surface area (Å²) >= 11 is 3.31. The van der Waals surface area contributed by atoms with Gasteiger partial charge in [-0.3, -0.25) is 9.52 Å². The molecule has 132 valence electrons. The predicted molar refractivity (Wildman–Crippen MR) is 99.5 cm³/mol. The fourth-order valence-corrected chi connectivity index (χ4v) is 4.12. The third-order valence-corrected chi connectivity index (χ3v) is 5.63. The Balaban J connectivity index is 1.98. The average molecular weight is 425 g/mol. The Labute approximate surface area is 155 Å². The molecule has 2 aromatic carbocycles. The molecule has 1 N–H and O–H groups in total. The van der Waals surface area contributed by atoms with Gasteiger partial charge in [-0.15, -0.1) is 0 Å². The molecule has 8 heteroatoms. The minimum absolute atomic E-state index is 0.0654. The third-order valence-electron chi connectivity index (χ3n) is 3.76. The summed E-state index contributed by atoms with van der Waals surface area (Å²) in [5.41, 5.74) is 0.906. The van der Waals surface area contributed by atoms with Crippen LogP contribution in [-0.4, -0.2) is 27.0 Å². The van der Waals surface area contributed by atoms with Crippen molar-refractivity contribution in [1.29, 1.82) is 0 Å². The van der Waals surface area contributed by atoms with E-state index in [0.717, 1.165) is 4.47 Å². The van der Waals surface area contributed by atoms with E-state index in [1.807, 2.05) is 6.92 Å². The normalized spacial score (nSPS) is 16.8. The second-order valence-electron chi connectivity index (χ2n) is 5.80. The average Bonchev–Trinajstić information content (AvgIpc) is 2.53. The first-order chi connectivity index (χ1) is 11.8. The minimum Gasteiger partial charge on any atom is -0.487 e. The van der Waals surface area contributed by atoms with Gasteiger partial charge in [-0.25, -0.2) is 8.42 Å². The molecule has 0 aromatic heterocycles. The molecule has 0 radical (unpaired) electrons. The second kappa shape index (κ2) is 6.68. The van der Waals surface area contributed by atoms with Gasteiger partial charge in [-0.05, 0) is 43.3 Å². The zero-order chi connectivity index (χ0) is 18.2. The number of benzene rings is 2. The lowest BCUT2D eigenvalue weighted by Gasteiger charge is -2.33. The summed E-state index contributed by atoms with van der Waals surface area (Å²) in [5, 5.41) is 0. The number of halogens is 1. The number of rotatable bonds is 3. The molecule has 1 aliphatic rings. The molecule has 25 heavy (non-hydrogen) atoms. The van der Waals surface area contributed by atoms with Crippen LogP contribution in [0.1, 0.15) is 13.8 Å². The van der Waals surface area contributed by atoms with Crippen LogP contribution in [0.5, 0.6) is 5.75 Å². The van der Waals surface area contributed by atoms with E-state index in [2.05, 4.69) is 20.7 Å². The predicted octanol–water partition coefficient (Wildman–Crippen LogP) is 3.38. The van der Waals surface area contributed by atoms with Crippen molar-refractivity contribution >= 4 is 43.2 Å². The summed E-state index contributed by atoms with van der Waals surface area (Å²) in [6.45, 7) is 3.69. The molecule has 1 amide bonds. The zero-order valence-corrected chi connectivity index (χ0v) is 16.1. The van der Waals surface area contributed by atoms with Crippen molar-refractivity contribution in [3.8, 4) is 5.75 Å². The van der Waals surface area contributed by atoms with Crippen molar-refractivity contribution in [2.75, 3.05) is 16.2 Å². The maximum Gasteiger partial charge on any atom is 0.261 e. The lowest BCUT2D eigenvalue weighted by molar-refractivity contribution is -0.117. The van der Waals surface area contributed by atoms with Crippen LogP contribution in [0.3, 0.4) is 0 Å². The fraction of sp³-hybridized carbons (Fsp3) is 0.235. The van der Waals surface area contributed by atoms with E-state index in [0.29, 0.717) is 23.7 Å². The van der Waals surface area contributed by atoms with Crippen LogP contribution in [-0.2, 0) is 14.8 Å². The maximum absolute atomic E-state index is 12.7. The highest BCUT2D eigenvalue weighted by atomic mass is 79.9. The summed E-state index contributed by atoms with van der Waals surface area (Å²) in [4.78, 5) is 13.5. The first-order valence-corrected chi connectivity index (χ1v) is 9.91. The SMILES string of the molecule is CC(=O)N1CC(C)Oc2ccc(S(=O)(=O)Nc3cccc(Br)c3)cc21. The number of hydrogen-bond acceptors (Lipinski definition) is 4. The topological polar surface area (TPSA) is 75.7 Å². The highest BCUT2D eigenvalue weighted by Gasteiger charge is 2.27. The number of nitrogens with one attached hydrogen (secondary N) is 1. The molecule has 1 atom stereocenters. The Kier molecular flexibility index (Phi) is 4.75. The number of sulfonamides is 1. The Bertz CT molecular complexity index is 930. The van der Waals surface area contributed by atoms with Gasteiger partial charge in [0.05, 0.1) is 17.1 Å². The van der Waals surface area contributed by atoms with Gasteiger partial charge >= 0.3 is 0 Å². The van der Waals surface area contributed by atoms with Crippen LogP contribution in [0, 0.1) is 0 Å². The summed E-state index contributed by atoms with van der Waals surface area (Å²) in [7, 11) is -3.79. The van der Waals surface area contributed by atoms with Gasteiger partial charge < -0.3 is 9.64 Å². The molecule has 0 saturated carbocycles. The smallest absolute Gasteiger partial charge is 0.261 e. The van der Waals surface area contributed by atoms with Crippen LogP contribution < -0.4 is 14.4 Å². The number of hydrogen-bond donors (Lipinski definition) is 1. The summed E-state index contributed by atoms with van der Waals surface area (Å²) in [5.74, 6) is 0.334. The largest absolute Gasteiger partial charge is 0.487 e. The Morgan fingerprint density at radius 3 is 2.72 bits per heavy atom. The van der Waals surface area contributed by atoms with Gasteiger partial charge in [0.15, 0.2) is 0 Å². The van der Waals surface area contributed by atoms with Crippen LogP contribution in [0.4, 0.5) is 11.4 Å². The minimum atomic E-state index is -3.79. The van der Waals surface area contributed by atoms with Crippen molar-refractivity contribution in [3.05, 3.63) is 46.9 Å². The summed E-state index contributed by atoms with van der Waals surface area (Å²) in [6.07, 6.45) is -0.154. The number of fused-ring (bicyclic) bond motifs is 1. The van der Waals surface area contributed by atoms with Crippen LogP contribution in [0.25, 0.3) is 0 Å². The van der Waals surface area contributed by atoms with E-state index in [1.165, 1.54) is 24.0 Å². The molecule has 0 fully saturated rings. The Morgan fingerprint density at radius 2 is 2.04 bits per heavy atom. The number of carbonyl (C=O) groups excluding carboxylic acids is 1. The molecule has 1 heterocycles. The van der Waals surface area contributed by atoms with E-state index >= 15 is 0 Å². The molecular formula is C17H17BrN2O4S. The van der Waals surface area contributed by atoms with Gasteiger partial charge in [0, 0.05) is 17.1 Å². The van der Waals surface area contributed by atoms with Crippen molar-refractivity contribution in [1.82, 2.24) is 0 Å². The van der Waals surface area contributed by atoms with E-state index in [4.69, 9.17) is 4.74 Å². The zero-order valence-electron chi connectivity index (χ0n) is 13.7. The highest BCUT2D eigenvalue weighted by molar-refractivity contribution is 9.10. The summed E-state index contributed by atoms with van der Waals surface area (Å²) < 4.78 is 34.3.